The molecule has 0 aliphatic rings. The van der Waals surface area contributed by atoms with Gasteiger partial charge in [-0.25, -0.2) is 9.97 Å². The molecule has 0 saturated carbocycles. The molecule has 1 N–H and O–H groups in total. The molecular formula is C19H27N3O2. The summed E-state index contributed by atoms with van der Waals surface area (Å²) in [6, 6.07) is 5.98. The van der Waals surface area contributed by atoms with E-state index in [2.05, 4.69) is 32.2 Å². The quantitative estimate of drug-likeness (QED) is 0.734. The molecule has 130 valence electrons. The second-order valence-electron chi connectivity index (χ2n) is 5.66. The zero-order chi connectivity index (χ0) is 17.5. The van der Waals surface area contributed by atoms with E-state index in [4.69, 9.17) is 19.4 Å². The van der Waals surface area contributed by atoms with Gasteiger partial charge in [0.1, 0.15) is 5.75 Å². The normalized spacial score (nSPS) is 10.5. The highest BCUT2D eigenvalue weighted by Crippen LogP contribution is 2.36. The number of aromatic nitrogens is 2. The maximum atomic E-state index is 5.54. The third kappa shape index (κ3) is 3.78. The highest BCUT2D eigenvalue weighted by molar-refractivity contribution is 5.74. The molecule has 0 unspecified atom stereocenters. The van der Waals surface area contributed by atoms with Crippen LogP contribution in [0.1, 0.15) is 37.9 Å². The molecule has 0 aliphatic carbocycles. The predicted molar refractivity (Wildman–Crippen MR) is 98.1 cm³/mol. The summed E-state index contributed by atoms with van der Waals surface area (Å²) < 4.78 is 11.0. The van der Waals surface area contributed by atoms with Gasteiger partial charge in [0, 0.05) is 12.1 Å². The molecule has 5 heteroatoms. The van der Waals surface area contributed by atoms with Gasteiger partial charge in [-0.05, 0) is 31.4 Å². The van der Waals surface area contributed by atoms with Gasteiger partial charge in [-0.15, -0.1) is 0 Å². The zero-order valence-corrected chi connectivity index (χ0v) is 15.3. The van der Waals surface area contributed by atoms with Gasteiger partial charge in [-0.1, -0.05) is 32.4 Å². The van der Waals surface area contributed by atoms with Crippen molar-refractivity contribution in [1.29, 1.82) is 0 Å². The number of nitrogens with one attached hydrogen (secondary N) is 1. The van der Waals surface area contributed by atoms with Crippen molar-refractivity contribution >= 4 is 5.82 Å². The number of benzene rings is 1. The standard InChI is InChI=1S/C19H27N3O2/c1-6-8-12-20-18-19(24-5)22-17(14(7-2)21-18)16-13(3)10-9-11-15(16)23-4/h9-11H,6-8,12H2,1-5H3,(H,20,21). The van der Waals surface area contributed by atoms with Crippen molar-refractivity contribution in [2.45, 2.75) is 40.0 Å². The third-order valence-corrected chi connectivity index (χ3v) is 3.98. The topological polar surface area (TPSA) is 56.3 Å². The van der Waals surface area contributed by atoms with Gasteiger partial charge in [0.05, 0.1) is 25.6 Å². The Kier molecular flexibility index (Phi) is 6.41. The fraction of sp³-hybridized carbons (Fsp3) is 0.474. The van der Waals surface area contributed by atoms with Crippen LogP contribution in [-0.2, 0) is 6.42 Å². The Bertz CT molecular complexity index is 687. The van der Waals surface area contributed by atoms with E-state index in [0.717, 1.165) is 54.1 Å². The van der Waals surface area contributed by atoms with Gasteiger partial charge in [0.25, 0.3) is 5.88 Å². The lowest BCUT2D eigenvalue weighted by Crippen LogP contribution is -2.10. The minimum absolute atomic E-state index is 0.517. The molecule has 24 heavy (non-hydrogen) atoms. The first-order chi connectivity index (χ1) is 11.7. The second-order valence-corrected chi connectivity index (χ2v) is 5.66. The molecule has 0 spiro atoms. The maximum Gasteiger partial charge on any atom is 0.257 e. The lowest BCUT2D eigenvalue weighted by molar-refractivity contribution is 0.397. The van der Waals surface area contributed by atoms with E-state index in [-0.39, 0.29) is 0 Å². The molecule has 0 bridgehead atoms. The Morgan fingerprint density at radius 1 is 1.08 bits per heavy atom. The van der Waals surface area contributed by atoms with E-state index in [1.807, 2.05) is 12.1 Å². The highest BCUT2D eigenvalue weighted by atomic mass is 16.5. The Hall–Kier alpha value is -2.30. The van der Waals surface area contributed by atoms with Gasteiger partial charge in [0.15, 0.2) is 5.82 Å². The molecule has 2 rings (SSSR count). The number of unbranched alkanes of at least 4 members (excludes halogenated alkanes) is 1. The SMILES string of the molecule is CCCCNc1nc(CC)c(-c2c(C)cccc2OC)nc1OC. The minimum atomic E-state index is 0.517. The molecular weight excluding hydrogens is 302 g/mol. The molecule has 5 nitrogen and oxygen atoms in total. The van der Waals surface area contributed by atoms with Gasteiger partial charge < -0.3 is 14.8 Å². The summed E-state index contributed by atoms with van der Waals surface area (Å²) in [6.45, 7) is 7.16. The van der Waals surface area contributed by atoms with E-state index in [1.54, 1.807) is 14.2 Å². The lowest BCUT2D eigenvalue weighted by atomic mass is 10.0. The summed E-state index contributed by atoms with van der Waals surface area (Å²) in [5.41, 5.74) is 3.84. The van der Waals surface area contributed by atoms with E-state index in [9.17, 15) is 0 Å². The van der Waals surface area contributed by atoms with E-state index in [1.165, 1.54) is 0 Å². The fourth-order valence-electron chi connectivity index (χ4n) is 2.66. The number of anilines is 1. The molecule has 1 heterocycles. The Morgan fingerprint density at radius 2 is 1.88 bits per heavy atom. The van der Waals surface area contributed by atoms with Crippen molar-refractivity contribution in [2.75, 3.05) is 26.1 Å². The summed E-state index contributed by atoms with van der Waals surface area (Å²) in [6.07, 6.45) is 2.99. The molecule has 0 radical (unpaired) electrons. The van der Waals surface area contributed by atoms with Crippen LogP contribution in [0.3, 0.4) is 0 Å². The first kappa shape index (κ1) is 18.0. The number of nitrogens with zero attached hydrogens (tertiary/aromatic N) is 2. The van der Waals surface area contributed by atoms with Crippen LogP contribution in [0, 0.1) is 6.92 Å². The molecule has 0 aliphatic heterocycles. The van der Waals surface area contributed by atoms with Gasteiger partial charge in [-0.3, -0.25) is 0 Å². The average molecular weight is 329 g/mol. The summed E-state index contributed by atoms with van der Waals surface area (Å²) in [7, 11) is 3.30. The van der Waals surface area contributed by atoms with Crippen molar-refractivity contribution in [3.63, 3.8) is 0 Å². The fourth-order valence-corrected chi connectivity index (χ4v) is 2.66. The summed E-state index contributed by atoms with van der Waals surface area (Å²) in [5, 5.41) is 3.33. The Labute approximate surface area is 144 Å². The summed E-state index contributed by atoms with van der Waals surface area (Å²) in [4.78, 5) is 9.53. The van der Waals surface area contributed by atoms with Gasteiger partial charge in [-0.2, -0.15) is 0 Å². The highest BCUT2D eigenvalue weighted by Gasteiger charge is 2.19. The predicted octanol–water partition coefficient (Wildman–Crippen LogP) is 4.24. The van der Waals surface area contributed by atoms with Gasteiger partial charge in [0.2, 0.25) is 0 Å². The van der Waals surface area contributed by atoms with Crippen LogP contribution in [0.2, 0.25) is 0 Å². The lowest BCUT2D eigenvalue weighted by Gasteiger charge is -2.17. The van der Waals surface area contributed by atoms with E-state index >= 15 is 0 Å². The van der Waals surface area contributed by atoms with Crippen LogP contribution in [0.25, 0.3) is 11.3 Å². The molecule has 0 amide bonds. The van der Waals surface area contributed by atoms with Crippen LogP contribution in [-0.4, -0.2) is 30.7 Å². The Balaban J connectivity index is 2.55. The first-order valence-electron chi connectivity index (χ1n) is 8.48. The smallest absolute Gasteiger partial charge is 0.257 e. The van der Waals surface area contributed by atoms with Crippen molar-refractivity contribution in [3.05, 3.63) is 29.5 Å². The van der Waals surface area contributed by atoms with Crippen LogP contribution in [0.5, 0.6) is 11.6 Å². The first-order valence-corrected chi connectivity index (χ1v) is 8.48. The monoisotopic (exact) mass is 329 g/mol. The number of aryl methyl sites for hydroxylation is 2. The second kappa shape index (κ2) is 8.52. The molecule has 0 atom stereocenters. The van der Waals surface area contributed by atoms with Crippen LogP contribution < -0.4 is 14.8 Å². The average Bonchev–Trinajstić information content (AvgIpc) is 2.61. The van der Waals surface area contributed by atoms with Gasteiger partial charge >= 0.3 is 0 Å². The van der Waals surface area contributed by atoms with E-state index < -0.39 is 0 Å². The maximum absolute atomic E-state index is 5.54. The van der Waals surface area contributed by atoms with Crippen molar-refractivity contribution in [2.24, 2.45) is 0 Å². The third-order valence-electron chi connectivity index (χ3n) is 3.98. The number of hydrogen-bond donors (Lipinski definition) is 1. The number of hydrogen-bond acceptors (Lipinski definition) is 5. The molecule has 1 aromatic carbocycles. The van der Waals surface area contributed by atoms with Crippen molar-refractivity contribution in [1.82, 2.24) is 9.97 Å². The minimum Gasteiger partial charge on any atom is -0.496 e. The van der Waals surface area contributed by atoms with E-state index in [0.29, 0.717) is 11.7 Å². The van der Waals surface area contributed by atoms with Crippen LogP contribution in [0.4, 0.5) is 5.82 Å². The van der Waals surface area contributed by atoms with Crippen LogP contribution >= 0.6 is 0 Å². The number of rotatable bonds is 8. The molecule has 0 fully saturated rings. The van der Waals surface area contributed by atoms with Crippen LogP contribution in [0.15, 0.2) is 18.2 Å². The Morgan fingerprint density at radius 3 is 2.50 bits per heavy atom. The van der Waals surface area contributed by atoms with Crippen molar-refractivity contribution < 1.29 is 9.47 Å². The number of methoxy groups -OCH3 is 2. The summed E-state index contributed by atoms with van der Waals surface area (Å²) >= 11 is 0. The molecule has 2 aromatic rings. The van der Waals surface area contributed by atoms with Crippen molar-refractivity contribution in [3.8, 4) is 22.9 Å². The number of ether oxygens (including phenoxy) is 2. The largest absolute Gasteiger partial charge is 0.496 e. The summed E-state index contributed by atoms with van der Waals surface area (Å²) in [5.74, 6) is 2.02. The zero-order valence-electron chi connectivity index (χ0n) is 15.3. The molecule has 1 aromatic heterocycles. The molecule has 0 saturated heterocycles.